The van der Waals surface area contributed by atoms with E-state index in [0.717, 1.165) is 6.42 Å². The minimum Gasteiger partial charge on any atom is -0.0726 e. The number of hydrogen-bond donors (Lipinski definition) is 0. The zero-order chi connectivity index (χ0) is 29.8. The Morgan fingerprint density at radius 3 is 1.61 bits per heavy atom. The Labute approximate surface area is 250 Å². The van der Waals surface area contributed by atoms with Crippen LogP contribution in [0, 0.1) is 16.7 Å². The highest BCUT2D eigenvalue weighted by atomic mass is 14.6. The van der Waals surface area contributed by atoms with Crippen molar-refractivity contribution >= 4 is 0 Å². The Morgan fingerprint density at radius 1 is 0.634 bits per heavy atom. The van der Waals surface area contributed by atoms with Crippen molar-refractivity contribution in [2.75, 3.05) is 0 Å². The third-order valence-electron chi connectivity index (χ3n) is 10.5. The molecule has 41 heavy (non-hydrogen) atoms. The molecule has 0 bridgehead atoms. The van der Waals surface area contributed by atoms with Crippen LogP contribution in [0.5, 0.6) is 0 Å². The Morgan fingerprint density at radius 2 is 1.15 bits per heavy atom. The van der Waals surface area contributed by atoms with Crippen molar-refractivity contribution in [1.29, 1.82) is 0 Å². The smallest absolute Gasteiger partial charge is 0.0208 e. The zero-order valence-corrected chi connectivity index (χ0v) is 27.4. The third kappa shape index (κ3) is 4.31. The van der Waals surface area contributed by atoms with Gasteiger partial charge in [0.15, 0.2) is 0 Å². The van der Waals surface area contributed by atoms with Crippen LogP contribution in [0.1, 0.15) is 116 Å². The molecule has 214 valence electrons. The Hall–Kier alpha value is -2.86. The lowest BCUT2D eigenvalue weighted by Gasteiger charge is -2.42. The van der Waals surface area contributed by atoms with Crippen molar-refractivity contribution in [3.63, 3.8) is 0 Å². The molecule has 0 aromatic heterocycles. The molecule has 0 nitrogen and oxygen atoms in total. The number of benzene rings is 3. The van der Waals surface area contributed by atoms with Crippen LogP contribution in [0.3, 0.4) is 0 Å². The van der Waals surface area contributed by atoms with Crippen LogP contribution >= 0.6 is 0 Å². The molecule has 3 aromatic carbocycles. The maximum atomic E-state index is 2.67. The molecule has 0 amide bonds. The SMILES string of the molecule is CC(C)(C)C1=CC2C(=C1)C(C)(C)CC2(c1ccccc1)C1c2ccc(C(C)(C)C)cc2-c2cc(C(C)(C)C)ccc21. The van der Waals surface area contributed by atoms with Crippen LogP contribution in [-0.4, -0.2) is 0 Å². The predicted octanol–water partition coefficient (Wildman–Crippen LogP) is 11.3. The summed E-state index contributed by atoms with van der Waals surface area (Å²) in [6.07, 6.45) is 6.39. The molecule has 0 saturated heterocycles. The van der Waals surface area contributed by atoms with Gasteiger partial charge in [0, 0.05) is 17.3 Å². The number of fused-ring (bicyclic) bond motifs is 4. The average molecular weight is 543 g/mol. The molecule has 0 radical (unpaired) electrons. The summed E-state index contributed by atoms with van der Waals surface area (Å²) in [6.45, 7) is 26.2. The number of allylic oxidation sites excluding steroid dienone is 4. The molecule has 0 heterocycles. The van der Waals surface area contributed by atoms with E-state index in [4.69, 9.17) is 0 Å². The van der Waals surface area contributed by atoms with Crippen LogP contribution in [-0.2, 0) is 16.2 Å². The van der Waals surface area contributed by atoms with Gasteiger partial charge in [0.2, 0.25) is 0 Å². The van der Waals surface area contributed by atoms with Crippen LogP contribution in [0.4, 0.5) is 0 Å². The molecule has 3 aromatic rings. The summed E-state index contributed by atoms with van der Waals surface area (Å²) in [4.78, 5) is 0. The zero-order valence-electron chi connectivity index (χ0n) is 27.4. The van der Waals surface area contributed by atoms with Crippen molar-refractivity contribution in [1.82, 2.24) is 0 Å². The summed E-state index contributed by atoms with van der Waals surface area (Å²) in [5.74, 6) is 0.672. The van der Waals surface area contributed by atoms with Crippen LogP contribution in [0.2, 0.25) is 0 Å². The van der Waals surface area contributed by atoms with E-state index in [1.807, 2.05) is 0 Å². The Bertz CT molecular complexity index is 1510. The minimum absolute atomic E-state index is 0.0594. The fraction of sp³-hybridized carbons (Fsp3) is 0.463. The van der Waals surface area contributed by atoms with E-state index in [9.17, 15) is 0 Å². The van der Waals surface area contributed by atoms with Gasteiger partial charge in [-0.2, -0.15) is 0 Å². The molecule has 0 N–H and O–H groups in total. The van der Waals surface area contributed by atoms with Gasteiger partial charge in [-0.3, -0.25) is 0 Å². The fourth-order valence-corrected chi connectivity index (χ4v) is 8.24. The normalized spacial score (nSPS) is 23.6. The van der Waals surface area contributed by atoms with Crippen molar-refractivity contribution in [2.24, 2.45) is 16.7 Å². The van der Waals surface area contributed by atoms with E-state index in [1.165, 1.54) is 44.5 Å². The molecular formula is C41H50. The van der Waals surface area contributed by atoms with Crippen molar-refractivity contribution in [3.8, 4) is 11.1 Å². The van der Waals surface area contributed by atoms with Crippen molar-refractivity contribution in [2.45, 2.75) is 105 Å². The maximum absolute atomic E-state index is 2.67. The summed E-state index contributed by atoms with van der Waals surface area (Å²) >= 11 is 0. The van der Waals surface area contributed by atoms with Crippen molar-refractivity contribution < 1.29 is 0 Å². The predicted molar refractivity (Wildman–Crippen MR) is 177 cm³/mol. The largest absolute Gasteiger partial charge is 0.0726 e. The van der Waals surface area contributed by atoms with Gasteiger partial charge < -0.3 is 0 Å². The highest BCUT2D eigenvalue weighted by Crippen LogP contribution is 2.69. The van der Waals surface area contributed by atoms with E-state index in [2.05, 4.69) is 155 Å². The molecule has 0 spiro atoms. The molecule has 2 unspecified atom stereocenters. The first-order valence-electron chi connectivity index (χ1n) is 15.7. The Balaban J connectivity index is 1.69. The van der Waals surface area contributed by atoms with Crippen LogP contribution in [0.15, 0.2) is 90.0 Å². The van der Waals surface area contributed by atoms with Gasteiger partial charge >= 0.3 is 0 Å². The topological polar surface area (TPSA) is 0 Å². The highest BCUT2D eigenvalue weighted by Gasteiger charge is 2.61. The van der Waals surface area contributed by atoms with E-state index < -0.39 is 0 Å². The quantitative estimate of drug-likeness (QED) is 0.302. The molecule has 0 aliphatic heterocycles. The van der Waals surface area contributed by atoms with Crippen molar-refractivity contribution in [3.05, 3.63) is 118 Å². The van der Waals surface area contributed by atoms with Crippen LogP contribution < -0.4 is 0 Å². The van der Waals surface area contributed by atoms with E-state index in [-0.39, 0.29) is 27.1 Å². The molecule has 0 heteroatoms. The molecule has 2 atom stereocenters. The summed E-state index contributed by atoms with van der Waals surface area (Å²) in [6, 6.07) is 26.4. The summed E-state index contributed by atoms with van der Waals surface area (Å²) < 4.78 is 0. The second kappa shape index (κ2) is 8.82. The first-order chi connectivity index (χ1) is 18.9. The van der Waals surface area contributed by atoms with E-state index >= 15 is 0 Å². The Kier molecular flexibility index (Phi) is 6.08. The molecular weight excluding hydrogens is 492 g/mol. The van der Waals surface area contributed by atoms with Gasteiger partial charge in [0.1, 0.15) is 0 Å². The monoisotopic (exact) mass is 542 g/mol. The lowest BCUT2D eigenvalue weighted by Crippen LogP contribution is -2.37. The molecule has 6 rings (SSSR count). The van der Waals surface area contributed by atoms with Gasteiger partial charge in [0.25, 0.3) is 0 Å². The van der Waals surface area contributed by atoms with Gasteiger partial charge in [-0.25, -0.2) is 0 Å². The van der Waals surface area contributed by atoms with E-state index in [1.54, 1.807) is 5.57 Å². The maximum Gasteiger partial charge on any atom is 0.0208 e. The lowest BCUT2D eigenvalue weighted by molar-refractivity contribution is 0.299. The average Bonchev–Trinajstić information content (AvgIpc) is 3.53. The summed E-state index contributed by atoms with van der Waals surface area (Å²) in [5, 5.41) is 0. The summed E-state index contributed by atoms with van der Waals surface area (Å²) in [7, 11) is 0. The third-order valence-corrected chi connectivity index (χ3v) is 10.5. The molecule has 1 saturated carbocycles. The first kappa shape index (κ1) is 28.3. The lowest BCUT2D eigenvalue weighted by atomic mass is 9.60. The fourth-order valence-electron chi connectivity index (χ4n) is 8.24. The van der Waals surface area contributed by atoms with Gasteiger partial charge in [0.05, 0.1) is 0 Å². The number of hydrogen-bond acceptors (Lipinski definition) is 0. The minimum atomic E-state index is -0.0594. The van der Waals surface area contributed by atoms with E-state index in [0.29, 0.717) is 11.8 Å². The van der Waals surface area contributed by atoms with Gasteiger partial charge in [-0.15, -0.1) is 0 Å². The second-order valence-electron chi connectivity index (χ2n) is 17.0. The highest BCUT2D eigenvalue weighted by molar-refractivity contribution is 5.82. The van der Waals surface area contributed by atoms with Crippen LogP contribution in [0.25, 0.3) is 11.1 Å². The van der Waals surface area contributed by atoms with Gasteiger partial charge in [-0.1, -0.05) is 161 Å². The summed E-state index contributed by atoms with van der Waals surface area (Å²) in [5.41, 5.74) is 13.8. The van der Waals surface area contributed by atoms with Gasteiger partial charge in [-0.05, 0) is 72.6 Å². The second-order valence-corrected chi connectivity index (χ2v) is 17.0. The number of rotatable bonds is 2. The first-order valence-corrected chi connectivity index (χ1v) is 15.7. The molecule has 1 fully saturated rings. The standard InChI is InChI=1S/C41H50/c1-37(2,3)27-17-19-30-32(21-27)33-22-28(38(4,5)6)18-20-31(33)36(30)41(26-15-13-12-14-16-26)25-40(10,11)34-23-29(24-35(34)41)39(7,8)9/h12-24,35-36H,25H2,1-11H3. The molecule has 3 aliphatic rings. The molecule has 3 aliphatic carbocycles.